The van der Waals surface area contributed by atoms with Crippen LogP contribution in [0.15, 0.2) is 48.5 Å². The second-order valence-corrected chi connectivity index (χ2v) is 8.41. The maximum atomic E-state index is 12.2. The van der Waals surface area contributed by atoms with Crippen molar-refractivity contribution in [2.24, 2.45) is 0 Å². The molecule has 0 radical (unpaired) electrons. The third kappa shape index (κ3) is 8.06. The quantitative estimate of drug-likeness (QED) is 0.429. The van der Waals surface area contributed by atoms with E-state index in [9.17, 15) is 14.4 Å². The first-order valence-electron chi connectivity index (χ1n) is 10.8. The molecule has 0 fully saturated rings. The number of hydrogen-bond acceptors (Lipinski definition) is 5. The molecule has 0 unspecified atom stereocenters. The molecule has 0 spiro atoms. The van der Waals surface area contributed by atoms with Crippen LogP contribution in [0.1, 0.15) is 56.5 Å². The molecule has 2 N–H and O–H groups in total. The number of unbranched alkanes of at least 4 members (excludes halogenated alkanes) is 1. The normalized spacial score (nSPS) is 10.9. The lowest BCUT2D eigenvalue weighted by atomic mass is 9.86. The molecule has 2 aromatic carbocycles. The summed E-state index contributed by atoms with van der Waals surface area (Å²) in [6.45, 7) is 8.09. The van der Waals surface area contributed by atoms with Crippen molar-refractivity contribution in [3.63, 3.8) is 0 Å². The zero-order chi connectivity index (χ0) is 23.6. The number of carbonyl (C=O) groups excluding carboxylic acids is 3. The van der Waals surface area contributed by atoms with Crippen LogP contribution >= 0.6 is 0 Å². The van der Waals surface area contributed by atoms with Crippen LogP contribution in [-0.4, -0.2) is 37.5 Å². The van der Waals surface area contributed by atoms with Gasteiger partial charge in [0.2, 0.25) is 0 Å². The van der Waals surface area contributed by atoms with E-state index in [0.717, 1.165) is 18.4 Å². The summed E-state index contributed by atoms with van der Waals surface area (Å²) in [5.74, 6) is -0.865. The minimum absolute atomic E-state index is 0.148. The standard InChI is InChI=1S/C25H32N2O5/c1-5-6-15-31-19-13-11-18(12-14-19)24(30)26-16-23(29)32-17-22(28)27-21-10-8-7-9-20(21)25(2,3)4/h7-14H,5-6,15-17H2,1-4H3,(H,26,30)(H,27,28). The summed E-state index contributed by atoms with van der Waals surface area (Å²) in [6.07, 6.45) is 2.01. The minimum Gasteiger partial charge on any atom is -0.494 e. The summed E-state index contributed by atoms with van der Waals surface area (Å²) in [7, 11) is 0. The molecule has 0 saturated carbocycles. The van der Waals surface area contributed by atoms with Gasteiger partial charge in [-0.3, -0.25) is 14.4 Å². The van der Waals surface area contributed by atoms with E-state index in [1.807, 2.05) is 39.0 Å². The molecule has 2 rings (SSSR count). The van der Waals surface area contributed by atoms with Crippen LogP contribution in [0.3, 0.4) is 0 Å². The van der Waals surface area contributed by atoms with Crippen LogP contribution in [0.25, 0.3) is 0 Å². The first kappa shape index (κ1) is 24.9. The SMILES string of the molecule is CCCCOc1ccc(C(=O)NCC(=O)OCC(=O)Nc2ccccc2C(C)(C)C)cc1. The number of ether oxygens (including phenoxy) is 2. The number of hydrogen-bond donors (Lipinski definition) is 2. The average Bonchev–Trinajstić information content (AvgIpc) is 2.76. The summed E-state index contributed by atoms with van der Waals surface area (Å²) < 4.78 is 10.5. The molecule has 0 atom stereocenters. The summed E-state index contributed by atoms with van der Waals surface area (Å²) in [5, 5.41) is 5.26. The fraction of sp³-hybridized carbons (Fsp3) is 0.400. The first-order valence-corrected chi connectivity index (χ1v) is 10.8. The van der Waals surface area contributed by atoms with Gasteiger partial charge in [0.25, 0.3) is 11.8 Å². The van der Waals surface area contributed by atoms with Gasteiger partial charge < -0.3 is 20.1 Å². The van der Waals surface area contributed by atoms with Crippen molar-refractivity contribution in [2.75, 3.05) is 25.1 Å². The molecule has 7 heteroatoms. The third-order valence-electron chi connectivity index (χ3n) is 4.65. The van der Waals surface area contributed by atoms with E-state index in [1.54, 1.807) is 30.3 Å². The summed E-state index contributed by atoms with van der Waals surface area (Å²) in [6, 6.07) is 14.2. The van der Waals surface area contributed by atoms with Gasteiger partial charge in [-0.15, -0.1) is 0 Å². The van der Waals surface area contributed by atoms with E-state index in [1.165, 1.54) is 0 Å². The van der Waals surface area contributed by atoms with E-state index >= 15 is 0 Å². The lowest BCUT2D eigenvalue weighted by molar-refractivity contribution is -0.146. The van der Waals surface area contributed by atoms with Crippen molar-refractivity contribution >= 4 is 23.5 Å². The Bertz CT molecular complexity index is 917. The van der Waals surface area contributed by atoms with Gasteiger partial charge in [0.1, 0.15) is 12.3 Å². The van der Waals surface area contributed by atoms with Crippen molar-refractivity contribution < 1.29 is 23.9 Å². The number of nitrogens with one attached hydrogen (secondary N) is 2. The van der Waals surface area contributed by atoms with Crippen molar-refractivity contribution in [2.45, 2.75) is 46.0 Å². The number of para-hydroxylation sites is 1. The predicted molar refractivity (Wildman–Crippen MR) is 124 cm³/mol. The lowest BCUT2D eigenvalue weighted by Crippen LogP contribution is -2.32. The highest BCUT2D eigenvalue weighted by molar-refractivity contribution is 5.97. The number of amides is 2. The van der Waals surface area contributed by atoms with Crippen LogP contribution in [0.5, 0.6) is 5.75 Å². The Labute approximate surface area is 189 Å². The van der Waals surface area contributed by atoms with E-state index in [2.05, 4.69) is 17.6 Å². The molecule has 0 bridgehead atoms. The van der Waals surface area contributed by atoms with Crippen molar-refractivity contribution in [1.29, 1.82) is 0 Å². The van der Waals surface area contributed by atoms with Gasteiger partial charge in [-0.2, -0.15) is 0 Å². The van der Waals surface area contributed by atoms with Gasteiger partial charge in [-0.05, 0) is 47.7 Å². The summed E-state index contributed by atoms with van der Waals surface area (Å²) >= 11 is 0. The lowest BCUT2D eigenvalue weighted by Gasteiger charge is -2.22. The topological polar surface area (TPSA) is 93.7 Å². The Balaban J connectivity index is 1.76. The van der Waals surface area contributed by atoms with Gasteiger partial charge in [0, 0.05) is 11.3 Å². The highest BCUT2D eigenvalue weighted by Crippen LogP contribution is 2.29. The Hall–Kier alpha value is -3.35. The van der Waals surface area contributed by atoms with Crippen LogP contribution in [0, 0.1) is 0 Å². The Morgan fingerprint density at radius 3 is 2.31 bits per heavy atom. The van der Waals surface area contributed by atoms with Gasteiger partial charge in [-0.1, -0.05) is 52.3 Å². The number of rotatable bonds is 10. The predicted octanol–water partition coefficient (Wildman–Crippen LogP) is 4.07. The van der Waals surface area contributed by atoms with Crippen LogP contribution in [0.2, 0.25) is 0 Å². The number of esters is 1. The monoisotopic (exact) mass is 440 g/mol. The molecule has 32 heavy (non-hydrogen) atoms. The zero-order valence-electron chi connectivity index (χ0n) is 19.2. The molecule has 0 aliphatic heterocycles. The van der Waals surface area contributed by atoms with Crippen molar-refractivity contribution in [3.8, 4) is 5.75 Å². The second-order valence-electron chi connectivity index (χ2n) is 8.41. The Morgan fingerprint density at radius 2 is 1.66 bits per heavy atom. The molecule has 0 aliphatic rings. The van der Waals surface area contributed by atoms with E-state index < -0.39 is 24.4 Å². The van der Waals surface area contributed by atoms with Crippen LogP contribution in [-0.2, 0) is 19.7 Å². The molecule has 0 saturated heterocycles. The first-order chi connectivity index (χ1) is 15.2. The van der Waals surface area contributed by atoms with Gasteiger partial charge in [0.05, 0.1) is 6.61 Å². The maximum Gasteiger partial charge on any atom is 0.325 e. The Kier molecular flexibility index (Phi) is 9.25. The largest absolute Gasteiger partial charge is 0.494 e. The molecule has 2 amide bonds. The molecular formula is C25H32N2O5. The van der Waals surface area contributed by atoms with E-state index in [4.69, 9.17) is 9.47 Å². The molecule has 0 aromatic heterocycles. The molecule has 172 valence electrons. The molecule has 7 nitrogen and oxygen atoms in total. The molecule has 0 heterocycles. The van der Waals surface area contributed by atoms with Gasteiger partial charge in [0.15, 0.2) is 6.61 Å². The second kappa shape index (κ2) is 11.9. The number of benzene rings is 2. The van der Waals surface area contributed by atoms with E-state index in [0.29, 0.717) is 23.6 Å². The van der Waals surface area contributed by atoms with Crippen LogP contribution in [0.4, 0.5) is 5.69 Å². The van der Waals surface area contributed by atoms with Crippen LogP contribution < -0.4 is 15.4 Å². The van der Waals surface area contributed by atoms with Gasteiger partial charge in [-0.25, -0.2) is 0 Å². The Morgan fingerprint density at radius 1 is 0.969 bits per heavy atom. The van der Waals surface area contributed by atoms with Gasteiger partial charge >= 0.3 is 5.97 Å². The smallest absolute Gasteiger partial charge is 0.325 e. The van der Waals surface area contributed by atoms with E-state index in [-0.39, 0.29) is 12.0 Å². The molecular weight excluding hydrogens is 408 g/mol. The zero-order valence-corrected chi connectivity index (χ0v) is 19.2. The minimum atomic E-state index is -0.697. The van der Waals surface area contributed by atoms with Crippen molar-refractivity contribution in [3.05, 3.63) is 59.7 Å². The fourth-order valence-electron chi connectivity index (χ4n) is 2.92. The molecule has 2 aromatic rings. The summed E-state index contributed by atoms with van der Waals surface area (Å²) in [5.41, 5.74) is 1.91. The molecule has 0 aliphatic carbocycles. The fourth-order valence-corrected chi connectivity index (χ4v) is 2.92. The average molecular weight is 441 g/mol. The highest BCUT2D eigenvalue weighted by atomic mass is 16.5. The highest BCUT2D eigenvalue weighted by Gasteiger charge is 2.19. The summed E-state index contributed by atoms with van der Waals surface area (Å²) in [4.78, 5) is 36.3. The number of carbonyl (C=O) groups is 3. The third-order valence-corrected chi connectivity index (χ3v) is 4.65. The maximum absolute atomic E-state index is 12.2. The van der Waals surface area contributed by atoms with Crippen molar-refractivity contribution in [1.82, 2.24) is 5.32 Å². The number of anilines is 1.